The summed E-state index contributed by atoms with van der Waals surface area (Å²) in [6.45, 7) is -1.50. The van der Waals surface area contributed by atoms with Gasteiger partial charge in [-0.05, 0) is 35.4 Å². The first-order chi connectivity index (χ1) is 13.0. The lowest BCUT2D eigenvalue weighted by molar-refractivity contribution is -0.120. The van der Waals surface area contributed by atoms with E-state index in [1.54, 1.807) is 24.3 Å². The number of carbonyl (C=O) groups excluding carboxylic acids is 1. The van der Waals surface area contributed by atoms with Crippen molar-refractivity contribution in [3.63, 3.8) is 0 Å². The fraction of sp³-hybridized carbons (Fsp3) is 0.316. The zero-order chi connectivity index (χ0) is 19.2. The van der Waals surface area contributed by atoms with Crippen molar-refractivity contribution in [2.24, 2.45) is 0 Å². The van der Waals surface area contributed by atoms with Crippen LogP contribution in [-0.4, -0.2) is 25.7 Å². The lowest BCUT2D eigenvalue weighted by atomic mass is 10.1. The fourth-order valence-electron chi connectivity index (χ4n) is 2.62. The molecule has 0 fully saturated rings. The summed E-state index contributed by atoms with van der Waals surface area (Å²) in [7, 11) is 0. The molecule has 1 aliphatic rings. The van der Waals surface area contributed by atoms with Crippen molar-refractivity contribution >= 4 is 17.5 Å². The van der Waals surface area contributed by atoms with Crippen LogP contribution in [0.25, 0.3) is 0 Å². The van der Waals surface area contributed by atoms with Crippen LogP contribution in [0.1, 0.15) is 17.5 Å². The number of halogens is 3. The van der Waals surface area contributed by atoms with E-state index in [0.29, 0.717) is 35.3 Å². The average molecular weight is 398 g/mol. The molecular formula is C19H18ClF2NO4. The first-order valence-electron chi connectivity index (χ1n) is 8.40. The second-order valence-corrected chi connectivity index (χ2v) is 6.34. The van der Waals surface area contributed by atoms with E-state index in [-0.39, 0.29) is 24.6 Å². The Morgan fingerprint density at radius 3 is 2.63 bits per heavy atom. The number of ether oxygens (including phenoxy) is 3. The smallest absolute Gasteiger partial charge is 0.387 e. The van der Waals surface area contributed by atoms with Crippen LogP contribution in [0.2, 0.25) is 5.02 Å². The molecule has 0 radical (unpaired) electrons. The van der Waals surface area contributed by atoms with Gasteiger partial charge in [0.25, 0.3) is 0 Å². The Hall–Kier alpha value is -2.54. The second-order valence-electron chi connectivity index (χ2n) is 5.93. The first-order valence-corrected chi connectivity index (χ1v) is 8.77. The van der Waals surface area contributed by atoms with Crippen LogP contribution >= 0.6 is 11.6 Å². The maximum atomic E-state index is 12.1. The van der Waals surface area contributed by atoms with Crippen molar-refractivity contribution < 1.29 is 27.8 Å². The molecule has 1 aliphatic heterocycles. The van der Waals surface area contributed by atoms with Crippen LogP contribution in [0.15, 0.2) is 36.4 Å². The predicted molar refractivity (Wildman–Crippen MR) is 95.7 cm³/mol. The Labute approximate surface area is 160 Å². The minimum Gasteiger partial charge on any atom is -0.489 e. The van der Waals surface area contributed by atoms with Gasteiger partial charge in [0.1, 0.15) is 5.75 Å². The third-order valence-corrected chi connectivity index (χ3v) is 4.15. The number of fused-ring (bicyclic) bond motifs is 1. The van der Waals surface area contributed by atoms with E-state index in [9.17, 15) is 13.6 Å². The number of benzene rings is 2. The van der Waals surface area contributed by atoms with Crippen molar-refractivity contribution in [2.45, 2.75) is 26.0 Å². The minimum atomic E-state index is -2.87. The Balaban J connectivity index is 1.56. The second kappa shape index (κ2) is 8.90. The SMILES string of the molecule is O=C(Cc1ccc(OC(F)F)cc1)NCc1cc(Cl)c2c(c1)OCCCO2. The zero-order valence-electron chi connectivity index (χ0n) is 14.3. The molecule has 1 heterocycles. The van der Waals surface area contributed by atoms with E-state index in [2.05, 4.69) is 10.1 Å². The molecule has 27 heavy (non-hydrogen) atoms. The lowest BCUT2D eigenvalue weighted by Crippen LogP contribution is -2.24. The van der Waals surface area contributed by atoms with Gasteiger partial charge in [-0.25, -0.2) is 0 Å². The van der Waals surface area contributed by atoms with E-state index < -0.39 is 6.61 Å². The van der Waals surface area contributed by atoms with Crippen LogP contribution in [0.5, 0.6) is 17.2 Å². The highest BCUT2D eigenvalue weighted by Gasteiger charge is 2.16. The third kappa shape index (κ3) is 5.47. The largest absolute Gasteiger partial charge is 0.489 e. The van der Waals surface area contributed by atoms with Crippen molar-refractivity contribution in [1.29, 1.82) is 0 Å². The first kappa shape index (κ1) is 19.2. The van der Waals surface area contributed by atoms with Crippen molar-refractivity contribution in [1.82, 2.24) is 5.32 Å². The Morgan fingerprint density at radius 1 is 1.15 bits per heavy atom. The molecule has 0 saturated carbocycles. The van der Waals surface area contributed by atoms with Gasteiger partial charge in [-0.15, -0.1) is 0 Å². The van der Waals surface area contributed by atoms with Gasteiger partial charge in [-0.3, -0.25) is 4.79 Å². The molecule has 2 aromatic carbocycles. The van der Waals surface area contributed by atoms with E-state index in [0.717, 1.165) is 12.0 Å². The van der Waals surface area contributed by atoms with Crippen molar-refractivity contribution in [3.05, 3.63) is 52.5 Å². The molecule has 8 heteroatoms. The van der Waals surface area contributed by atoms with Gasteiger partial charge in [0, 0.05) is 13.0 Å². The zero-order valence-corrected chi connectivity index (χ0v) is 15.1. The highest BCUT2D eigenvalue weighted by molar-refractivity contribution is 6.32. The summed E-state index contributed by atoms with van der Waals surface area (Å²) in [6, 6.07) is 9.47. The molecular weight excluding hydrogens is 380 g/mol. The normalized spacial score (nSPS) is 13.2. The number of hydrogen-bond acceptors (Lipinski definition) is 4. The number of hydrogen-bond donors (Lipinski definition) is 1. The van der Waals surface area contributed by atoms with Gasteiger partial charge in [0.15, 0.2) is 11.5 Å². The summed E-state index contributed by atoms with van der Waals surface area (Å²) in [4.78, 5) is 12.1. The molecule has 0 saturated heterocycles. The quantitative estimate of drug-likeness (QED) is 0.801. The van der Waals surface area contributed by atoms with Crippen LogP contribution < -0.4 is 19.5 Å². The average Bonchev–Trinajstić information content (AvgIpc) is 2.87. The van der Waals surface area contributed by atoms with Gasteiger partial charge in [0.2, 0.25) is 5.91 Å². The van der Waals surface area contributed by atoms with Gasteiger partial charge in [-0.1, -0.05) is 23.7 Å². The van der Waals surface area contributed by atoms with Gasteiger partial charge in [0.05, 0.1) is 24.7 Å². The minimum absolute atomic E-state index is 0.0518. The van der Waals surface area contributed by atoms with E-state index >= 15 is 0 Å². The molecule has 144 valence electrons. The summed E-state index contributed by atoms with van der Waals surface area (Å²) in [6.07, 6.45) is 0.894. The molecule has 3 rings (SSSR count). The molecule has 0 aliphatic carbocycles. The molecule has 0 bridgehead atoms. The summed E-state index contributed by atoms with van der Waals surface area (Å²) < 4.78 is 39.7. The number of amides is 1. The molecule has 0 atom stereocenters. The van der Waals surface area contributed by atoms with Crippen molar-refractivity contribution in [3.8, 4) is 17.2 Å². The predicted octanol–water partition coefficient (Wildman–Crippen LogP) is 3.96. The van der Waals surface area contributed by atoms with E-state index in [4.69, 9.17) is 21.1 Å². The number of rotatable bonds is 6. The molecule has 1 N–H and O–H groups in total. The number of alkyl halides is 2. The van der Waals surface area contributed by atoms with E-state index in [1.165, 1.54) is 12.1 Å². The number of carbonyl (C=O) groups is 1. The van der Waals surface area contributed by atoms with Gasteiger partial charge in [-0.2, -0.15) is 8.78 Å². The summed E-state index contributed by atoms with van der Waals surface area (Å²) in [5.41, 5.74) is 1.48. The summed E-state index contributed by atoms with van der Waals surface area (Å²) in [5, 5.41) is 3.24. The fourth-order valence-corrected chi connectivity index (χ4v) is 2.91. The highest BCUT2D eigenvalue weighted by Crippen LogP contribution is 2.37. The molecule has 0 spiro atoms. The molecule has 0 unspecified atom stereocenters. The highest BCUT2D eigenvalue weighted by atomic mass is 35.5. The van der Waals surface area contributed by atoms with Crippen LogP contribution in [0.4, 0.5) is 8.78 Å². The van der Waals surface area contributed by atoms with Gasteiger partial charge < -0.3 is 19.5 Å². The topological polar surface area (TPSA) is 56.8 Å². The van der Waals surface area contributed by atoms with Crippen LogP contribution in [0, 0.1) is 0 Å². The molecule has 1 amide bonds. The monoisotopic (exact) mass is 397 g/mol. The molecule has 0 aromatic heterocycles. The van der Waals surface area contributed by atoms with Crippen molar-refractivity contribution in [2.75, 3.05) is 13.2 Å². The third-order valence-electron chi connectivity index (χ3n) is 3.86. The Kier molecular flexibility index (Phi) is 6.34. The van der Waals surface area contributed by atoms with E-state index in [1.807, 2.05) is 0 Å². The maximum Gasteiger partial charge on any atom is 0.387 e. The molecule has 2 aromatic rings. The molecule has 5 nitrogen and oxygen atoms in total. The van der Waals surface area contributed by atoms with Crippen LogP contribution in [0.3, 0.4) is 0 Å². The summed E-state index contributed by atoms with van der Waals surface area (Å²) in [5.74, 6) is 0.936. The van der Waals surface area contributed by atoms with Crippen LogP contribution in [-0.2, 0) is 17.8 Å². The summed E-state index contributed by atoms with van der Waals surface area (Å²) >= 11 is 6.23. The maximum absolute atomic E-state index is 12.1. The standard InChI is InChI=1S/C19H18ClF2NO4/c20-15-8-13(9-16-18(15)26-7-1-6-25-16)11-23-17(24)10-12-2-4-14(5-3-12)27-19(21)22/h2-5,8-9,19H,1,6-7,10-11H2,(H,23,24). The Bertz CT molecular complexity index is 799. The lowest BCUT2D eigenvalue weighted by Gasteiger charge is -2.12. The number of nitrogens with one attached hydrogen (secondary N) is 1. The van der Waals surface area contributed by atoms with Gasteiger partial charge >= 0.3 is 6.61 Å². The Morgan fingerprint density at radius 2 is 1.89 bits per heavy atom.